The summed E-state index contributed by atoms with van der Waals surface area (Å²) in [5.41, 5.74) is 0.962. The van der Waals surface area contributed by atoms with Gasteiger partial charge in [-0.2, -0.15) is 0 Å². The predicted molar refractivity (Wildman–Crippen MR) is 104 cm³/mol. The Kier molecular flexibility index (Phi) is 7.73. The quantitative estimate of drug-likeness (QED) is 0.611. The van der Waals surface area contributed by atoms with Crippen molar-refractivity contribution in [1.82, 2.24) is 10.0 Å². The van der Waals surface area contributed by atoms with Crippen molar-refractivity contribution in [1.29, 1.82) is 0 Å². The van der Waals surface area contributed by atoms with Gasteiger partial charge in [-0.3, -0.25) is 4.79 Å². The van der Waals surface area contributed by atoms with E-state index in [1.54, 1.807) is 12.1 Å². The van der Waals surface area contributed by atoms with Crippen LogP contribution >= 0.6 is 0 Å². The third kappa shape index (κ3) is 6.00. The molecule has 7 nitrogen and oxygen atoms in total. The van der Waals surface area contributed by atoms with E-state index in [-0.39, 0.29) is 12.6 Å². The molecule has 148 valence electrons. The monoisotopic (exact) mass is 394 g/mol. The predicted octanol–water partition coefficient (Wildman–Crippen LogP) is 1.50. The molecule has 2 aromatic carbocycles. The average molecular weight is 394 g/mol. The maximum atomic E-state index is 12.8. The first-order chi connectivity index (χ1) is 12.8. The fourth-order valence-electron chi connectivity index (χ4n) is 3.13. The van der Waals surface area contributed by atoms with Crippen molar-refractivity contribution < 1.29 is 23.4 Å². The standard InChI is InChI=1S/C17H22N2O3S.C2H4O2/c20-12-9-13-5-6-17(16-4-2-1-3-15(13)16)23(21,22)19-14-7-10-18-11-8-14;1-2(3)4/h1-6,14,18-20H,7-12H2;1H3,(H,3,4). The van der Waals surface area contributed by atoms with E-state index in [4.69, 9.17) is 9.90 Å². The number of carboxylic acid groups (broad SMARTS) is 1. The van der Waals surface area contributed by atoms with Crippen molar-refractivity contribution in [3.8, 4) is 0 Å². The molecule has 1 fully saturated rings. The second-order valence-electron chi connectivity index (χ2n) is 6.41. The lowest BCUT2D eigenvalue weighted by molar-refractivity contribution is -0.134. The third-order valence-electron chi connectivity index (χ3n) is 4.31. The van der Waals surface area contributed by atoms with E-state index in [2.05, 4.69) is 10.0 Å². The first-order valence-electron chi connectivity index (χ1n) is 8.89. The molecule has 0 amide bonds. The summed E-state index contributed by atoms with van der Waals surface area (Å²) in [6.45, 7) is 2.80. The molecule has 1 saturated heterocycles. The largest absolute Gasteiger partial charge is 0.481 e. The Balaban J connectivity index is 0.000000596. The van der Waals surface area contributed by atoms with Gasteiger partial charge in [-0.15, -0.1) is 0 Å². The molecule has 1 heterocycles. The van der Waals surface area contributed by atoms with Crippen molar-refractivity contribution in [3.63, 3.8) is 0 Å². The molecule has 0 unspecified atom stereocenters. The topological polar surface area (TPSA) is 116 Å². The molecule has 4 N–H and O–H groups in total. The summed E-state index contributed by atoms with van der Waals surface area (Å²) in [7, 11) is -3.56. The molecule has 0 atom stereocenters. The average Bonchev–Trinajstić information content (AvgIpc) is 2.62. The van der Waals surface area contributed by atoms with Gasteiger partial charge in [0.2, 0.25) is 10.0 Å². The highest BCUT2D eigenvalue weighted by molar-refractivity contribution is 7.89. The number of aliphatic carboxylic acids is 1. The van der Waals surface area contributed by atoms with Crippen LogP contribution in [0.4, 0.5) is 0 Å². The number of rotatable bonds is 5. The Hall–Kier alpha value is -2.00. The molecule has 1 aliphatic heterocycles. The van der Waals surface area contributed by atoms with Crippen LogP contribution in [0.1, 0.15) is 25.3 Å². The van der Waals surface area contributed by atoms with Gasteiger partial charge in [0.1, 0.15) is 0 Å². The molecule has 3 rings (SSSR count). The molecule has 2 aromatic rings. The maximum absolute atomic E-state index is 12.8. The zero-order valence-corrected chi connectivity index (χ0v) is 16.1. The summed E-state index contributed by atoms with van der Waals surface area (Å²) in [6.07, 6.45) is 2.13. The van der Waals surface area contributed by atoms with E-state index in [1.165, 1.54) is 0 Å². The Morgan fingerprint density at radius 2 is 1.74 bits per heavy atom. The van der Waals surface area contributed by atoms with Crippen LogP contribution in [0.2, 0.25) is 0 Å². The number of sulfonamides is 1. The summed E-state index contributed by atoms with van der Waals surface area (Å²) in [4.78, 5) is 9.31. The van der Waals surface area contributed by atoms with Crippen LogP contribution in [0.15, 0.2) is 41.3 Å². The zero-order valence-electron chi connectivity index (χ0n) is 15.3. The van der Waals surface area contributed by atoms with E-state index < -0.39 is 16.0 Å². The van der Waals surface area contributed by atoms with Crippen LogP contribution in [0, 0.1) is 0 Å². The van der Waals surface area contributed by atoms with Crippen LogP contribution in [0.25, 0.3) is 10.8 Å². The molecule has 0 aromatic heterocycles. The van der Waals surface area contributed by atoms with E-state index >= 15 is 0 Å². The van der Waals surface area contributed by atoms with E-state index in [0.717, 1.165) is 43.8 Å². The van der Waals surface area contributed by atoms with Crippen molar-refractivity contribution >= 4 is 26.8 Å². The van der Waals surface area contributed by atoms with Crippen LogP contribution in [-0.4, -0.2) is 50.3 Å². The number of carbonyl (C=O) groups is 1. The first-order valence-corrected chi connectivity index (χ1v) is 10.4. The van der Waals surface area contributed by atoms with Crippen molar-refractivity contribution in [2.24, 2.45) is 0 Å². The second-order valence-corrected chi connectivity index (χ2v) is 8.09. The minimum atomic E-state index is -3.56. The van der Waals surface area contributed by atoms with Crippen molar-refractivity contribution in [3.05, 3.63) is 42.0 Å². The molecule has 0 spiro atoms. The molecular weight excluding hydrogens is 368 g/mol. The Bertz CT molecular complexity index is 873. The summed E-state index contributed by atoms with van der Waals surface area (Å²) >= 11 is 0. The molecule has 0 saturated carbocycles. The zero-order chi connectivity index (χ0) is 19.9. The summed E-state index contributed by atoms with van der Waals surface area (Å²) in [5, 5.41) is 21.4. The Morgan fingerprint density at radius 3 is 2.33 bits per heavy atom. The number of carboxylic acids is 1. The minimum absolute atomic E-state index is 0.0165. The van der Waals surface area contributed by atoms with Crippen molar-refractivity contribution in [2.45, 2.75) is 37.1 Å². The third-order valence-corrected chi connectivity index (χ3v) is 5.88. The lowest BCUT2D eigenvalue weighted by atomic mass is 10.0. The highest BCUT2D eigenvalue weighted by Gasteiger charge is 2.23. The molecule has 0 aliphatic carbocycles. The summed E-state index contributed by atoms with van der Waals surface area (Å²) in [6, 6.07) is 10.9. The molecule has 1 aliphatic rings. The number of aliphatic hydroxyl groups is 1. The van der Waals surface area contributed by atoms with Crippen LogP contribution in [-0.2, 0) is 21.2 Å². The fourth-order valence-corrected chi connectivity index (χ4v) is 4.65. The van der Waals surface area contributed by atoms with Gasteiger partial charge >= 0.3 is 0 Å². The van der Waals surface area contributed by atoms with E-state index in [9.17, 15) is 13.5 Å². The lowest BCUT2D eigenvalue weighted by Crippen LogP contribution is -2.42. The second kappa shape index (κ2) is 9.80. The van der Waals surface area contributed by atoms with Gasteiger partial charge in [-0.25, -0.2) is 13.1 Å². The van der Waals surface area contributed by atoms with Crippen LogP contribution in [0.3, 0.4) is 0 Å². The Morgan fingerprint density at radius 1 is 1.15 bits per heavy atom. The first kappa shape index (κ1) is 21.3. The molecular formula is C19H26N2O5S. The highest BCUT2D eigenvalue weighted by atomic mass is 32.2. The SMILES string of the molecule is CC(=O)O.O=S(=O)(NC1CCNCC1)c1ccc(CCO)c2ccccc12. The maximum Gasteiger partial charge on any atom is 0.300 e. The number of fused-ring (bicyclic) bond motifs is 1. The van der Waals surface area contributed by atoms with E-state index in [0.29, 0.717) is 16.7 Å². The lowest BCUT2D eigenvalue weighted by Gasteiger charge is -2.24. The molecule has 8 heteroatoms. The van der Waals surface area contributed by atoms with Gasteiger partial charge in [0.15, 0.2) is 0 Å². The smallest absolute Gasteiger partial charge is 0.300 e. The van der Waals surface area contributed by atoms with Gasteiger partial charge in [0, 0.05) is 25.0 Å². The van der Waals surface area contributed by atoms with Crippen molar-refractivity contribution in [2.75, 3.05) is 19.7 Å². The minimum Gasteiger partial charge on any atom is -0.481 e. The van der Waals surface area contributed by atoms with E-state index in [1.807, 2.05) is 24.3 Å². The number of benzene rings is 2. The van der Waals surface area contributed by atoms with Crippen LogP contribution in [0.5, 0.6) is 0 Å². The van der Waals surface area contributed by atoms with Crippen LogP contribution < -0.4 is 10.0 Å². The summed E-state index contributed by atoms with van der Waals surface area (Å²) < 4.78 is 28.4. The van der Waals surface area contributed by atoms with Gasteiger partial charge in [0.25, 0.3) is 5.97 Å². The van der Waals surface area contributed by atoms with Gasteiger partial charge < -0.3 is 15.5 Å². The number of piperidine rings is 1. The summed E-state index contributed by atoms with van der Waals surface area (Å²) in [5.74, 6) is -0.833. The number of hydrogen-bond acceptors (Lipinski definition) is 5. The van der Waals surface area contributed by atoms with Gasteiger partial charge in [-0.1, -0.05) is 30.3 Å². The molecule has 0 radical (unpaired) electrons. The molecule has 27 heavy (non-hydrogen) atoms. The Labute approximate surface area is 159 Å². The number of nitrogens with one attached hydrogen (secondary N) is 2. The highest BCUT2D eigenvalue weighted by Crippen LogP contribution is 2.27. The normalized spacial score (nSPS) is 15.2. The van der Waals surface area contributed by atoms with Gasteiger partial charge in [0.05, 0.1) is 4.90 Å². The van der Waals surface area contributed by atoms with Gasteiger partial charge in [-0.05, 0) is 49.4 Å². The fraction of sp³-hybridized carbons (Fsp3) is 0.421. The number of hydrogen-bond donors (Lipinski definition) is 4. The number of aliphatic hydroxyl groups excluding tert-OH is 1. The molecule has 0 bridgehead atoms.